The number of aliphatic hydroxyl groups excluding tert-OH is 1. The van der Waals surface area contributed by atoms with E-state index in [9.17, 15) is 9.18 Å². The highest BCUT2D eigenvalue weighted by atomic mass is 19.1. The third-order valence-corrected chi connectivity index (χ3v) is 2.90. The van der Waals surface area contributed by atoms with Crippen LogP contribution in [0, 0.1) is 11.7 Å². The molecule has 2 amide bonds. The number of carbonyl (C=O) groups excluding carboxylic acids is 1. The van der Waals surface area contributed by atoms with Gasteiger partial charge in [-0.05, 0) is 18.9 Å². The van der Waals surface area contributed by atoms with E-state index in [0.717, 1.165) is 0 Å². The summed E-state index contributed by atoms with van der Waals surface area (Å²) in [6.07, 6.45) is 0. The van der Waals surface area contributed by atoms with Gasteiger partial charge in [-0.2, -0.15) is 0 Å². The quantitative estimate of drug-likeness (QED) is 0.748. The average Bonchev–Trinajstić information content (AvgIpc) is 2.36. The third kappa shape index (κ3) is 4.33. The zero-order valence-corrected chi connectivity index (χ0v) is 10.6. The van der Waals surface area contributed by atoms with E-state index in [2.05, 4.69) is 10.6 Å². The van der Waals surface area contributed by atoms with Crippen LogP contribution < -0.4 is 10.6 Å². The molecule has 18 heavy (non-hydrogen) atoms. The van der Waals surface area contributed by atoms with E-state index in [1.807, 2.05) is 13.8 Å². The summed E-state index contributed by atoms with van der Waals surface area (Å²) < 4.78 is 13.3. The Balaban J connectivity index is 2.40. The molecule has 1 aromatic carbocycles. The van der Waals surface area contributed by atoms with E-state index in [-0.39, 0.29) is 37.0 Å². The molecule has 0 aromatic heterocycles. The molecule has 0 radical (unpaired) electrons. The van der Waals surface area contributed by atoms with Gasteiger partial charge in [-0.25, -0.2) is 9.18 Å². The van der Waals surface area contributed by atoms with Crippen molar-refractivity contribution < 1.29 is 14.3 Å². The Morgan fingerprint density at radius 1 is 1.39 bits per heavy atom. The molecule has 0 aliphatic rings. The normalized spacial score (nSPS) is 13.8. The molecule has 5 heteroatoms. The molecule has 4 nitrogen and oxygen atoms in total. The second-order valence-corrected chi connectivity index (χ2v) is 4.37. The fraction of sp³-hybridized carbons (Fsp3) is 0.462. The van der Waals surface area contributed by atoms with Crippen molar-refractivity contribution in [1.82, 2.24) is 10.6 Å². The van der Waals surface area contributed by atoms with Crippen molar-refractivity contribution in [2.75, 3.05) is 6.61 Å². The van der Waals surface area contributed by atoms with Gasteiger partial charge in [0.2, 0.25) is 0 Å². The third-order valence-electron chi connectivity index (χ3n) is 2.90. The first-order valence-corrected chi connectivity index (χ1v) is 5.93. The summed E-state index contributed by atoms with van der Waals surface area (Å²) in [5, 5.41) is 14.2. The molecule has 100 valence electrons. The topological polar surface area (TPSA) is 61.4 Å². The van der Waals surface area contributed by atoms with Crippen molar-refractivity contribution in [1.29, 1.82) is 0 Å². The van der Waals surface area contributed by atoms with Gasteiger partial charge in [0.05, 0.1) is 0 Å². The number of hydrogen-bond acceptors (Lipinski definition) is 2. The summed E-state index contributed by atoms with van der Waals surface area (Å²) in [6, 6.07) is 5.78. The van der Waals surface area contributed by atoms with Gasteiger partial charge in [0.25, 0.3) is 0 Å². The van der Waals surface area contributed by atoms with Crippen LogP contribution in [0.3, 0.4) is 0 Å². The second kappa shape index (κ2) is 6.96. The number of benzene rings is 1. The van der Waals surface area contributed by atoms with Crippen LogP contribution in [0.25, 0.3) is 0 Å². The molecule has 0 fully saturated rings. The minimum atomic E-state index is -0.369. The van der Waals surface area contributed by atoms with Crippen LogP contribution in [0.4, 0.5) is 9.18 Å². The smallest absolute Gasteiger partial charge is 0.315 e. The summed E-state index contributed by atoms with van der Waals surface area (Å²) in [5.74, 6) is -0.362. The minimum Gasteiger partial charge on any atom is -0.396 e. The standard InChI is InChI=1S/C13H19FN2O2/c1-9(8-17)10(2)16-13(18)15-7-11-5-3-4-6-12(11)14/h3-6,9-10,17H,7-8H2,1-2H3,(H2,15,16,18). The number of nitrogens with one attached hydrogen (secondary N) is 2. The van der Waals surface area contributed by atoms with Crippen LogP contribution in [-0.2, 0) is 6.54 Å². The lowest BCUT2D eigenvalue weighted by molar-refractivity contribution is 0.200. The fourth-order valence-corrected chi connectivity index (χ4v) is 1.38. The Morgan fingerprint density at radius 2 is 2.06 bits per heavy atom. The molecular formula is C13H19FN2O2. The number of carbonyl (C=O) groups is 1. The summed E-state index contributed by atoms with van der Waals surface area (Å²) in [6.45, 7) is 3.79. The van der Waals surface area contributed by atoms with Crippen molar-refractivity contribution >= 4 is 6.03 Å². The van der Waals surface area contributed by atoms with Gasteiger partial charge >= 0.3 is 6.03 Å². The first-order valence-electron chi connectivity index (χ1n) is 5.93. The molecule has 1 aromatic rings. The van der Waals surface area contributed by atoms with Crippen LogP contribution in [0.2, 0.25) is 0 Å². The van der Waals surface area contributed by atoms with E-state index in [1.165, 1.54) is 6.07 Å². The highest BCUT2D eigenvalue weighted by Crippen LogP contribution is 2.05. The van der Waals surface area contributed by atoms with Crippen LogP contribution >= 0.6 is 0 Å². The maximum absolute atomic E-state index is 13.3. The molecular weight excluding hydrogens is 235 g/mol. The Kier molecular flexibility index (Phi) is 5.58. The molecule has 0 saturated carbocycles. The minimum absolute atomic E-state index is 0.00869. The summed E-state index contributed by atoms with van der Waals surface area (Å²) in [4.78, 5) is 11.5. The highest BCUT2D eigenvalue weighted by Gasteiger charge is 2.13. The van der Waals surface area contributed by atoms with Gasteiger partial charge < -0.3 is 15.7 Å². The molecule has 0 spiro atoms. The largest absolute Gasteiger partial charge is 0.396 e. The van der Waals surface area contributed by atoms with Crippen molar-refractivity contribution in [3.8, 4) is 0 Å². The Hall–Kier alpha value is -1.62. The van der Waals surface area contributed by atoms with E-state index in [4.69, 9.17) is 5.11 Å². The zero-order valence-electron chi connectivity index (χ0n) is 10.6. The monoisotopic (exact) mass is 254 g/mol. The maximum atomic E-state index is 13.3. The van der Waals surface area contributed by atoms with E-state index >= 15 is 0 Å². The van der Waals surface area contributed by atoms with E-state index < -0.39 is 0 Å². The Morgan fingerprint density at radius 3 is 2.67 bits per heavy atom. The van der Waals surface area contributed by atoms with Crippen LogP contribution in [-0.4, -0.2) is 23.8 Å². The second-order valence-electron chi connectivity index (χ2n) is 4.37. The number of urea groups is 1. The van der Waals surface area contributed by atoms with Crippen molar-refractivity contribution in [3.63, 3.8) is 0 Å². The van der Waals surface area contributed by atoms with Gasteiger partial charge in [-0.1, -0.05) is 25.1 Å². The lowest BCUT2D eigenvalue weighted by atomic mass is 10.1. The van der Waals surface area contributed by atoms with Crippen LogP contribution in [0.1, 0.15) is 19.4 Å². The molecule has 3 N–H and O–H groups in total. The number of aliphatic hydroxyl groups is 1. The molecule has 1 rings (SSSR count). The zero-order chi connectivity index (χ0) is 13.5. The predicted molar refractivity (Wildman–Crippen MR) is 67.5 cm³/mol. The summed E-state index contributed by atoms with van der Waals surface area (Å²) >= 11 is 0. The molecule has 0 heterocycles. The SMILES string of the molecule is CC(CO)C(C)NC(=O)NCc1ccccc1F. The number of rotatable bonds is 5. The number of halogens is 1. The fourth-order valence-electron chi connectivity index (χ4n) is 1.38. The average molecular weight is 254 g/mol. The van der Waals surface area contributed by atoms with E-state index in [1.54, 1.807) is 18.2 Å². The molecule has 0 aliphatic carbocycles. The Labute approximate surface area is 106 Å². The van der Waals surface area contributed by atoms with Crippen molar-refractivity contribution in [2.45, 2.75) is 26.4 Å². The molecule has 0 aliphatic heterocycles. The number of amides is 2. The summed E-state index contributed by atoms with van der Waals surface area (Å²) in [7, 11) is 0. The predicted octanol–water partition coefficient (Wildman–Crippen LogP) is 1.64. The maximum Gasteiger partial charge on any atom is 0.315 e. The van der Waals surface area contributed by atoms with Gasteiger partial charge in [-0.3, -0.25) is 0 Å². The first-order chi connectivity index (χ1) is 8.54. The molecule has 2 unspecified atom stereocenters. The van der Waals surface area contributed by atoms with Crippen molar-refractivity contribution in [3.05, 3.63) is 35.6 Å². The van der Waals surface area contributed by atoms with Crippen LogP contribution in [0.5, 0.6) is 0 Å². The van der Waals surface area contributed by atoms with Gasteiger partial charge in [0.15, 0.2) is 0 Å². The lowest BCUT2D eigenvalue weighted by Gasteiger charge is -2.19. The van der Waals surface area contributed by atoms with E-state index in [0.29, 0.717) is 5.56 Å². The van der Waals surface area contributed by atoms with Gasteiger partial charge in [0, 0.05) is 24.8 Å². The lowest BCUT2D eigenvalue weighted by Crippen LogP contribution is -2.44. The molecule has 0 saturated heterocycles. The molecule has 2 atom stereocenters. The highest BCUT2D eigenvalue weighted by molar-refractivity contribution is 5.74. The first kappa shape index (κ1) is 14.4. The Bertz CT molecular complexity index is 398. The van der Waals surface area contributed by atoms with Crippen molar-refractivity contribution in [2.24, 2.45) is 5.92 Å². The summed E-state index contributed by atoms with van der Waals surface area (Å²) in [5.41, 5.74) is 0.440. The van der Waals surface area contributed by atoms with Gasteiger partial charge in [-0.15, -0.1) is 0 Å². The van der Waals surface area contributed by atoms with Gasteiger partial charge in [0.1, 0.15) is 5.82 Å². The van der Waals surface area contributed by atoms with Crippen LogP contribution in [0.15, 0.2) is 24.3 Å². The number of hydrogen-bond donors (Lipinski definition) is 3. The molecule has 0 bridgehead atoms.